The van der Waals surface area contributed by atoms with Crippen LogP contribution in [0.1, 0.15) is 0 Å². The summed E-state index contributed by atoms with van der Waals surface area (Å²) in [5.74, 6) is 1.24. The maximum atomic E-state index is 11.5. The minimum atomic E-state index is -3.33. The number of sulfonamides is 1. The molecule has 1 aromatic heterocycles. The molecule has 2 N–H and O–H groups in total. The van der Waals surface area contributed by atoms with Crippen LogP contribution in [0.3, 0.4) is 0 Å². The zero-order chi connectivity index (χ0) is 19.7. The molecule has 150 valence electrons. The lowest BCUT2D eigenvalue weighted by molar-refractivity contribution is 0.0690. The van der Waals surface area contributed by atoms with Gasteiger partial charge in [0.15, 0.2) is 0 Å². The zero-order valence-corrected chi connectivity index (χ0v) is 16.3. The first kappa shape index (κ1) is 19.1. The molecule has 28 heavy (non-hydrogen) atoms. The minimum Gasteiger partial charge on any atom is -0.497 e. The van der Waals surface area contributed by atoms with Crippen molar-refractivity contribution in [3.8, 4) is 17.0 Å². The highest BCUT2D eigenvalue weighted by Gasteiger charge is 2.48. The fraction of sp³-hybridized carbons (Fsp3) is 0.444. The quantitative estimate of drug-likeness (QED) is 0.719. The molecule has 2 aromatic rings. The van der Waals surface area contributed by atoms with Crippen molar-refractivity contribution >= 4 is 16.0 Å². The summed E-state index contributed by atoms with van der Waals surface area (Å²) in [6, 6.07) is 8.89. The average molecular weight is 406 g/mol. The highest BCUT2D eigenvalue weighted by molar-refractivity contribution is 7.88. The van der Waals surface area contributed by atoms with E-state index in [0.29, 0.717) is 12.6 Å². The van der Waals surface area contributed by atoms with Crippen molar-refractivity contribution < 1.29 is 22.6 Å². The third-order valence-electron chi connectivity index (χ3n) is 4.77. The van der Waals surface area contributed by atoms with Crippen LogP contribution >= 0.6 is 0 Å². The highest BCUT2D eigenvalue weighted by Crippen LogP contribution is 2.29. The summed E-state index contributed by atoms with van der Waals surface area (Å²) >= 11 is 0. The molecule has 10 heteroatoms. The van der Waals surface area contributed by atoms with Gasteiger partial charge in [-0.05, 0) is 30.3 Å². The molecule has 0 bridgehead atoms. The fourth-order valence-electron chi connectivity index (χ4n) is 3.52. The van der Waals surface area contributed by atoms with Crippen LogP contribution in [0.15, 0.2) is 36.5 Å². The van der Waals surface area contributed by atoms with Crippen LogP contribution < -0.4 is 14.8 Å². The van der Waals surface area contributed by atoms with Gasteiger partial charge in [0.05, 0.1) is 44.4 Å². The Kier molecular flexibility index (Phi) is 5.19. The van der Waals surface area contributed by atoms with Gasteiger partial charge in [-0.25, -0.2) is 23.1 Å². The molecule has 2 aliphatic rings. The van der Waals surface area contributed by atoms with E-state index < -0.39 is 16.1 Å². The van der Waals surface area contributed by atoms with Gasteiger partial charge in [-0.2, -0.15) is 0 Å². The molecule has 3 heterocycles. The summed E-state index contributed by atoms with van der Waals surface area (Å²) in [4.78, 5) is 8.85. The molecule has 1 aromatic carbocycles. The van der Waals surface area contributed by atoms with E-state index >= 15 is 0 Å². The lowest BCUT2D eigenvalue weighted by Crippen LogP contribution is -2.44. The number of anilines is 1. The number of hydrogen-bond donors (Lipinski definition) is 2. The predicted octanol–water partition coefficient (Wildman–Crippen LogP) is 0.648. The lowest BCUT2D eigenvalue weighted by atomic mass is 10.1. The third-order valence-corrected chi connectivity index (χ3v) is 5.51. The van der Waals surface area contributed by atoms with E-state index in [1.54, 1.807) is 13.3 Å². The number of ether oxygens (including phenoxy) is 3. The van der Waals surface area contributed by atoms with Crippen molar-refractivity contribution in [2.45, 2.75) is 24.3 Å². The van der Waals surface area contributed by atoms with Gasteiger partial charge < -0.3 is 19.5 Å². The summed E-state index contributed by atoms with van der Waals surface area (Å²) in [5.41, 5.74) is 1.72. The number of hydrogen-bond acceptors (Lipinski definition) is 8. The van der Waals surface area contributed by atoms with E-state index in [-0.39, 0.29) is 24.9 Å². The van der Waals surface area contributed by atoms with Crippen LogP contribution in [0, 0.1) is 0 Å². The summed E-state index contributed by atoms with van der Waals surface area (Å²) in [7, 11) is -1.70. The normalized spacial score (nSPS) is 26.8. The predicted molar refractivity (Wildman–Crippen MR) is 103 cm³/mol. The number of nitrogens with zero attached hydrogens (tertiary/aromatic N) is 2. The molecular formula is C18H22N4O5S. The van der Waals surface area contributed by atoms with Crippen LogP contribution in [0.5, 0.6) is 5.75 Å². The molecule has 0 amide bonds. The Morgan fingerprint density at radius 2 is 1.75 bits per heavy atom. The fourth-order valence-corrected chi connectivity index (χ4v) is 4.27. The maximum Gasteiger partial charge on any atom is 0.223 e. The maximum absolute atomic E-state index is 11.5. The number of methoxy groups -OCH3 is 1. The standard InChI is InChI=1S/C18H22N4O5S/c1-25-12-5-3-11(4-6-12)13-7-8-19-18(20-13)21-14-9-26-17-15(10-27-16(14)17)22-28(2,23)24/h3-8,14-17,22H,9-10H2,1-2H3,(H,19,20,21)/t14-,15+,16-,17+/m1/s1. The Morgan fingerprint density at radius 3 is 2.43 bits per heavy atom. The van der Waals surface area contributed by atoms with E-state index in [2.05, 4.69) is 20.0 Å². The number of rotatable bonds is 6. The van der Waals surface area contributed by atoms with Crippen LogP contribution in [-0.2, 0) is 19.5 Å². The summed E-state index contributed by atoms with van der Waals surface area (Å²) in [6.07, 6.45) is 2.21. The van der Waals surface area contributed by atoms with Gasteiger partial charge >= 0.3 is 0 Å². The number of aromatic nitrogens is 2. The molecule has 0 spiro atoms. The lowest BCUT2D eigenvalue weighted by Gasteiger charge is -2.18. The molecular weight excluding hydrogens is 384 g/mol. The van der Waals surface area contributed by atoms with E-state index in [0.717, 1.165) is 23.3 Å². The molecule has 0 unspecified atom stereocenters. The van der Waals surface area contributed by atoms with Crippen molar-refractivity contribution in [1.82, 2.24) is 14.7 Å². The number of fused-ring (bicyclic) bond motifs is 1. The van der Waals surface area contributed by atoms with Crippen molar-refractivity contribution in [2.75, 3.05) is 31.9 Å². The SMILES string of the molecule is COc1ccc(-c2ccnc(N[C@@H]3CO[C@@H]4[C@@H]3OC[C@@H]4NS(C)(=O)=O)n2)cc1. The molecule has 4 atom stereocenters. The molecule has 0 radical (unpaired) electrons. The molecule has 9 nitrogen and oxygen atoms in total. The van der Waals surface area contributed by atoms with Crippen molar-refractivity contribution in [3.05, 3.63) is 36.5 Å². The minimum absolute atomic E-state index is 0.164. The largest absolute Gasteiger partial charge is 0.497 e. The Hall–Kier alpha value is -2.27. The summed E-state index contributed by atoms with van der Waals surface area (Å²) in [6.45, 7) is 0.653. The first-order valence-corrected chi connectivity index (χ1v) is 10.8. The Labute approximate surface area is 163 Å². The van der Waals surface area contributed by atoms with E-state index in [1.807, 2.05) is 30.3 Å². The van der Waals surface area contributed by atoms with Gasteiger partial charge in [-0.15, -0.1) is 0 Å². The molecule has 0 saturated carbocycles. The van der Waals surface area contributed by atoms with Gasteiger partial charge in [0.2, 0.25) is 16.0 Å². The van der Waals surface area contributed by atoms with E-state index in [9.17, 15) is 8.42 Å². The number of benzene rings is 1. The Balaban J connectivity index is 1.45. The van der Waals surface area contributed by atoms with E-state index in [1.165, 1.54) is 0 Å². The van der Waals surface area contributed by atoms with Crippen molar-refractivity contribution in [2.24, 2.45) is 0 Å². The van der Waals surface area contributed by atoms with Crippen LogP contribution in [-0.4, -0.2) is 69.3 Å². The van der Waals surface area contributed by atoms with E-state index in [4.69, 9.17) is 14.2 Å². The molecule has 2 saturated heterocycles. The van der Waals surface area contributed by atoms with Gasteiger partial charge in [-0.1, -0.05) is 0 Å². The molecule has 2 fully saturated rings. The topological polar surface area (TPSA) is 112 Å². The van der Waals surface area contributed by atoms with Gasteiger partial charge in [0.25, 0.3) is 0 Å². The first-order chi connectivity index (χ1) is 13.4. The summed E-state index contributed by atoms with van der Waals surface area (Å²) < 4.78 is 42.3. The first-order valence-electron chi connectivity index (χ1n) is 8.87. The average Bonchev–Trinajstić information content (AvgIpc) is 3.25. The smallest absolute Gasteiger partial charge is 0.223 e. The van der Waals surface area contributed by atoms with Gasteiger partial charge in [0, 0.05) is 11.8 Å². The summed E-state index contributed by atoms with van der Waals surface area (Å²) in [5, 5.41) is 3.25. The zero-order valence-electron chi connectivity index (χ0n) is 15.5. The highest BCUT2D eigenvalue weighted by atomic mass is 32.2. The van der Waals surface area contributed by atoms with Crippen LogP contribution in [0.25, 0.3) is 11.3 Å². The number of nitrogens with one attached hydrogen (secondary N) is 2. The second kappa shape index (κ2) is 7.63. The Bertz CT molecular complexity index is 937. The second-order valence-electron chi connectivity index (χ2n) is 6.84. The van der Waals surface area contributed by atoms with Crippen molar-refractivity contribution in [1.29, 1.82) is 0 Å². The Morgan fingerprint density at radius 1 is 1.07 bits per heavy atom. The molecule has 2 aliphatic heterocycles. The van der Waals surface area contributed by atoms with Gasteiger partial charge in [0.1, 0.15) is 18.0 Å². The second-order valence-corrected chi connectivity index (χ2v) is 8.62. The van der Waals surface area contributed by atoms with Crippen molar-refractivity contribution in [3.63, 3.8) is 0 Å². The van der Waals surface area contributed by atoms with Crippen LogP contribution in [0.2, 0.25) is 0 Å². The monoisotopic (exact) mass is 406 g/mol. The van der Waals surface area contributed by atoms with Gasteiger partial charge in [-0.3, -0.25) is 0 Å². The molecule has 0 aliphatic carbocycles. The molecule has 4 rings (SSSR count). The third kappa shape index (κ3) is 4.09. The van der Waals surface area contributed by atoms with Crippen LogP contribution in [0.4, 0.5) is 5.95 Å².